The molecule has 2 saturated heterocycles. The molecule has 0 radical (unpaired) electrons. The van der Waals surface area contributed by atoms with E-state index in [-0.39, 0.29) is 82.9 Å². The van der Waals surface area contributed by atoms with Crippen molar-refractivity contribution >= 4 is 23.9 Å². The number of nitrogens with zero attached hydrogens (tertiary/aromatic N) is 4. The Hall–Kier alpha value is -4.54. The molecule has 2 N–H and O–H groups in total. The first-order valence-electron chi connectivity index (χ1n) is 36.7. The largest absolute Gasteiger partial charge is 0.393 e. The summed E-state index contributed by atoms with van der Waals surface area (Å²) in [5, 5.41) is 21.6. The highest BCUT2D eigenvalue weighted by atomic mass is 16.3. The SMILES string of the molecule is C=CCCCCCC[C@H](CCC)C(=O)N1C(=O)N(C)[C@@H](C)[C@H]1C.C=CC[C@@H]1Cc2cc(C)ccc2C2CC[C@@]3(C)C(CC[C@@H]3O)C21.CCC[C@@H](CCCCCCC=CC[C@@H]1Cc2cc(C)ccc2C2CC[C@@]3(C)C(CC[C@@H]3O)C21)C(=O)N1C(=O)N(C)[C@@H](C)[C@H]1C. The highest BCUT2D eigenvalue weighted by Gasteiger charge is 2.58. The van der Waals surface area contributed by atoms with Crippen LogP contribution in [0.1, 0.15) is 268 Å². The quantitative estimate of drug-likeness (QED) is 0.0798. The van der Waals surface area contributed by atoms with Crippen LogP contribution in [0.3, 0.4) is 0 Å². The molecule has 90 heavy (non-hydrogen) atoms. The number of unbranched alkanes of at least 4 members (excludes halogenated alkanes) is 8. The average molecular weight is 1240 g/mol. The summed E-state index contributed by atoms with van der Waals surface area (Å²) in [4.78, 5) is 57.7. The summed E-state index contributed by atoms with van der Waals surface area (Å²) in [6.45, 7) is 29.2. The monoisotopic (exact) mass is 1240 g/mol. The van der Waals surface area contributed by atoms with Crippen molar-refractivity contribution in [1.82, 2.24) is 19.6 Å². The van der Waals surface area contributed by atoms with Gasteiger partial charge in [-0.3, -0.25) is 19.4 Å². The molecule has 0 bridgehead atoms. The zero-order valence-electron chi connectivity index (χ0n) is 58.5. The number of benzene rings is 2. The van der Waals surface area contributed by atoms with Crippen LogP contribution >= 0.6 is 0 Å². The standard InChI is InChI=1S/C39H60N2O3.C22H30O.C19H34N2O2/c1-7-15-29(37(43)41-28(4)27(3)40(6)38(41)44)16-13-11-9-8-10-12-14-17-30-25-31-24-26(2)18-19-32(31)33-22-23-39(5)34(36(30)33)20-21-35(39)42;1-4-5-15-13-16-12-14(2)6-7-17(16)18-10-11-22(3)19(21(15)18)8-9-20(22)23;1-6-8-9-10-11-12-14-17(13-7-2)18(22)21-16(4)15(3)20(5)19(21)23/h12,14,18-19,24,27-30,33-36,42H,7-11,13,15-17,20-23,25H2,1-6H3;4,6-7,12,15,18-21,23H,1,5,8-11,13H2,2-3H3;6,15-17H,1,7-14H2,2-5H3/t27-,28+,29-,30+,33?,34?,35-,36?,39-;15-,18?,19?,20+,21?,22+;15-,16+,17-/m010/s1. The van der Waals surface area contributed by atoms with Crippen LogP contribution in [0.25, 0.3) is 0 Å². The fraction of sp³-hybridized carbons (Fsp3) is 0.725. The smallest absolute Gasteiger partial charge is 0.327 e. The van der Waals surface area contributed by atoms with Gasteiger partial charge in [0, 0.05) is 25.9 Å². The lowest BCUT2D eigenvalue weighted by Gasteiger charge is -2.53. The minimum Gasteiger partial charge on any atom is -0.393 e. The molecule has 8 aliphatic rings. The van der Waals surface area contributed by atoms with Crippen LogP contribution in [0.15, 0.2) is 73.9 Å². The molecule has 2 aromatic rings. The van der Waals surface area contributed by atoms with Gasteiger partial charge in [-0.25, -0.2) is 9.59 Å². The van der Waals surface area contributed by atoms with E-state index in [1.54, 1.807) is 46.1 Å². The second-order valence-electron chi connectivity index (χ2n) is 30.8. The number of rotatable bonds is 24. The molecule has 6 amide bonds. The lowest BCUT2D eigenvalue weighted by Crippen LogP contribution is -2.47. The van der Waals surface area contributed by atoms with Crippen molar-refractivity contribution in [2.45, 2.75) is 297 Å². The van der Waals surface area contributed by atoms with E-state index in [1.165, 1.54) is 91.6 Å². The summed E-state index contributed by atoms with van der Waals surface area (Å²) < 4.78 is 0. The Bertz CT molecular complexity index is 2770. The lowest BCUT2D eigenvalue weighted by atomic mass is 9.52. The number of likely N-dealkylation sites (N-methyl/N-ethyl adjacent to an activating group) is 2. The van der Waals surface area contributed by atoms with Gasteiger partial charge in [-0.2, -0.15) is 0 Å². The Morgan fingerprint density at radius 2 is 0.978 bits per heavy atom. The molecule has 2 heterocycles. The molecule has 0 spiro atoms. The van der Waals surface area contributed by atoms with E-state index < -0.39 is 0 Å². The van der Waals surface area contributed by atoms with Gasteiger partial charge in [0.1, 0.15) is 0 Å². The Labute approximate surface area is 546 Å². The Kier molecular flexibility index (Phi) is 25.4. The molecule has 10 rings (SSSR count). The number of urea groups is 2. The Morgan fingerprint density at radius 1 is 0.556 bits per heavy atom. The minimum atomic E-state index is -0.137. The lowest BCUT2D eigenvalue weighted by molar-refractivity contribution is -0.134. The number of carbonyl (C=O) groups is 4. The Balaban J connectivity index is 0.000000191. The molecule has 0 aromatic heterocycles. The van der Waals surface area contributed by atoms with Crippen LogP contribution in [-0.2, 0) is 22.4 Å². The third kappa shape index (κ3) is 15.3. The van der Waals surface area contributed by atoms with Gasteiger partial charge in [-0.15, -0.1) is 13.2 Å². The predicted octanol–water partition coefficient (Wildman–Crippen LogP) is 18.4. The number of allylic oxidation sites excluding steroid dienone is 4. The van der Waals surface area contributed by atoms with Gasteiger partial charge in [0.25, 0.3) is 0 Å². The van der Waals surface area contributed by atoms with Gasteiger partial charge in [-0.1, -0.05) is 151 Å². The van der Waals surface area contributed by atoms with Crippen LogP contribution in [0, 0.1) is 72.0 Å². The number of amides is 6. The van der Waals surface area contributed by atoms with Gasteiger partial charge in [0.2, 0.25) is 11.8 Å². The minimum absolute atomic E-state index is 0.00972. The summed E-state index contributed by atoms with van der Waals surface area (Å²) in [6, 6.07) is 14.1. The van der Waals surface area contributed by atoms with Crippen LogP contribution in [-0.4, -0.2) is 104 Å². The second-order valence-corrected chi connectivity index (χ2v) is 30.8. The summed E-state index contributed by atoms with van der Waals surface area (Å²) in [6.07, 6.45) is 39.5. The number of hydrogen-bond acceptors (Lipinski definition) is 6. The Morgan fingerprint density at radius 3 is 1.38 bits per heavy atom. The number of aliphatic hydroxyl groups excluding tert-OH is 2. The summed E-state index contributed by atoms with van der Waals surface area (Å²) >= 11 is 0. The number of hydrogen-bond donors (Lipinski definition) is 2. The van der Waals surface area contributed by atoms with E-state index in [2.05, 4.69) is 109 Å². The van der Waals surface area contributed by atoms with Crippen molar-refractivity contribution in [1.29, 1.82) is 0 Å². The van der Waals surface area contributed by atoms with Crippen molar-refractivity contribution in [3.05, 3.63) is 107 Å². The molecule has 6 unspecified atom stereocenters. The van der Waals surface area contributed by atoms with Gasteiger partial charge in [-0.05, 0) is 250 Å². The third-order valence-corrected chi connectivity index (χ3v) is 25.4. The van der Waals surface area contributed by atoms with E-state index in [9.17, 15) is 29.4 Å². The summed E-state index contributed by atoms with van der Waals surface area (Å²) in [5.74, 6) is 5.51. The van der Waals surface area contributed by atoms with Crippen molar-refractivity contribution in [3.63, 3.8) is 0 Å². The van der Waals surface area contributed by atoms with Crippen molar-refractivity contribution in [2.75, 3.05) is 14.1 Å². The van der Waals surface area contributed by atoms with E-state index in [4.69, 9.17) is 0 Å². The van der Waals surface area contributed by atoms with E-state index in [0.29, 0.717) is 41.4 Å². The third-order valence-electron chi connectivity index (χ3n) is 25.4. The topological polar surface area (TPSA) is 122 Å². The highest BCUT2D eigenvalue weighted by Crippen LogP contribution is 2.64. The molecule has 4 saturated carbocycles. The molecule has 18 atom stereocenters. The average Bonchev–Trinajstić information content (AvgIpc) is 1.30. The number of aryl methyl sites for hydroxylation is 2. The van der Waals surface area contributed by atoms with E-state index >= 15 is 0 Å². The molecule has 10 heteroatoms. The molecular weight excluding hydrogens is 1110 g/mol. The molecule has 2 aliphatic heterocycles. The maximum Gasteiger partial charge on any atom is 0.327 e. The van der Waals surface area contributed by atoms with E-state index in [0.717, 1.165) is 115 Å². The highest BCUT2D eigenvalue weighted by molar-refractivity contribution is 5.98. The molecule has 2 aromatic carbocycles. The van der Waals surface area contributed by atoms with Crippen LogP contribution in [0.4, 0.5) is 9.59 Å². The zero-order valence-corrected chi connectivity index (χ0v) is 58.5. The summed E-state index contributed by atoms with van der Waals surface area (Å²) in [7, 11) is 3.59. The predicted molar refractivity (Wildman–Crippen MR) is 370 cm³/mol. The first-order valence-corrected chi connectivity index (χ1v) is 36.7. The fourth-order valence-electron chi connectivity index (χ4n) is 19.5. The zero-order chi connectivity index (χ0) is 65.2. The first kappa shape index (κ1) is 71.3. The molecule has 10 nitrogen and oxygen atoms in total. The number of fused-ring (bicyclic) bond motifs is 10. The van der Waals surface area contributed by atoms with Gasteiger partial charge < -0.3 is 20.0 Å². The number of imide groups is 2. The van der Waals surface area contributed by atoms with Crippen LogP contribution in [0.5, 0.6) is 0 Å². The molecule has 6 fully saturated rings. The maximum atomic E-state index is 13.3. The summed E-state index contributed by atoms with van der Waals surface area (Å²) in [5.41, 5.74) is 9.40. The van der Waals surface area contributed by atoms with Crippen LogP contribution < -0.4 is 0 Å². The molecular formula is C80H124N4O6. The fourth-order valence-corrected chi connectivity index (χ4v) is 19.5. The van der Waals surface area contributed by atoms with Gasteiger partial charge in [0.05, 0.1) is 36.4 Å². The van der Waals surface area contributed by atoms with E-state index in [1.807, 2.05) is 33.8 Å². The van der Waals surface area contributed by atoms with Crippen molar-refractivity contribution < 1.29 is 29.4 Å². The second kappa shape index (κ2) is 32.1. The molecule has 6 aliphatic carbocycles. The van der Waals surface area contributed by atoms with Crippen molar-refractivity contribution in [3.8, 4) is 0 Å². The van der Waals surface area contributed by atoms with Crippen molar-refractivity contribution in [2.24, 2.45) is 58.2 Å². The number of carbonyl (C=O) groups excluding carboxylic acids is 4. The maximum absolute atomic E-state index is 13.3. The van der Waals surface area contributed by atoms with Crippen LogP contribution in [0.2, 0.25) is 0 Å². The van der Waals surface area contributed by atoms with Gasteiger partial charge in [0.15, 0.2) is 0 Å². The number of aliphatic hydroxyl groups is 2. The normalized spacial score (nSPS) is 33.0. The molecule has 500 valence electrons. The van der Waals surface area contributed by atoms with Gasteiger partial charge >= 0.3 is 12.1 Å². The first-order chi connectivity index (χ1) is 43.1.